The minimum atomic E-state index is -0.136. The lowest BCUT2D eigenvalue weighted by atomic mass is 10.1. The van der Waals surface area contributed by atoms with Gasteiger partial charge < -0.3 is 15.2 Å². The van der Waals surface area contributed by atoms with Gasteiger partial charge in [0.25, 0.3) is 5.91 Å². The van der Waals surface area contributed by atoms with Gasteiger partial charge in [-0.15, -0.1) is 0 Å². The van der Waals surface area contributed by atoms with Crippen LogP contribution >= 0.6 is 0 Å². The number of aryl methyl sites for hydroxylation is 1. The molecule has 0 atom stereocenters. The van der Waals surface area contributed by atoms with E-state index in [1.807, 2.05) is 39.0 Å². The Morgan fingerprint density at radius 3 is 2.75 bits per heavy atom. The molecule has 0 saturated carbocycles. The lowest BCUT2D eigenvalue weighted by Crippen LogP contribution is -2.24. The first kappa shape index (κ1) is 14.1. The Labute approximate surface area is 118 Å². The van der Waals surface area contributed by atoms with E-state index in [9.17, 15) is 4.79 Å². The molecule has 1 amide bonds. The second-order valence-electron chi connectivity index (χ2n) is 4.96. The predicted molar refractivity (Wildman–Crippen MR) is 77.6 cm³/mol. The van der Waals surface area contributed by atoms with Crippen molar-refractivity contribution in [3.63, 3.8) is 0 Å². The van der Waals surface area contributed by atoms with E-state index >= 15 is 0 Å². The molecule has 0 saturated heterocycles. The normalized spacial score (nSPS) is 10.6. The molecule has 1 heterocycles. The SMILES string of the molecule is Cc1cc(CNC(=O)c2ccccc2NC(C)C)on1. The number of anilines is 1. The highest BCUT2D eigenvalue weighted by atomic mass is 16.5. The quantitative estimate of drug-likeness (QED) is 0.879. The summed E-state index contributed by atoms with van der Waals surface area (Å²) in [5.41, 5.74) is 2.25. The zero-order valence-corrected chi connectivity index (χ0v) is 11.9. The van der Waals surface area contributed by atoms with Crippen LogP contribution < -0.4 is 10.6 Å². The fraction of sp³-hybridized carbons (Fsp3) is 0.333. The number of aromatic nitrogens is 1. The lowest BCUT2D eigenvalue weighted by molar-refractivity contribution is 0.0948. The number of nitrogens with zero attached hydrogens (tertiary/aromatic N) is 1. The molecule has 2 N–H and O–H groups in total. The third-order valence-corrected chi connectivity index (χ3v) is 2.72. The van der Waals surface area contributed by atoms with Crippen molar-refractivity contribution in [2.45, 2.75) is 33.4 Å². The first-order valence-electron chi connectivity index (χ1n) is 6.62. The number of carbonyl (C=O) groups is 1. The molecule has 20 heavy (non-hydrogen) atoms. The van der Waals surface area contributed by atoms with Crippen LogP contribution in [0, 0.1) is 6.92 Å². The monoisotopic (exact) mass is 273 g/mol. The number of benzene rings is 1. The summed E-state index contributed by atoms with van der Waals surface area (Å²) in [6, 6.07) is 9.51. The van der Waals surface area contributed by atoms with Gasteiger partial charge in [0.1, 0.15) is 0 Å². The molecule has 5 heteroatoms. The van der Waals surface area contributed by atoms with Crippen molar-refractivity contribution in [2.24, 2.45) is 0 Å². The summed E-state index contributed by atoms with van der Waals surface area (Å²) in [7, 11) is 0. The molecule has 0 aliphatic carbocycles. The Balaban J connectivity index is 2.05. The largest absolute Gasteiger partial charge is 0.382 e. The molecule has 0 spiro atoms. The van der Waals surface area contributed by atoms with E-state index < -0.39 is 0 Å². The highest BCUT2D eigenvalue weighted by Crippen LogP contribution is 2.16. The number of para-hydroxylation sites is 1. The molecule has 1 aromatic carbocycles. The van der Waals surface area contributed by atoms with Crippen LogP contribution in [0.1, 0.15) is 35.7 Å². The highest BCUT2D eigenvalue weighted by Gasteiger charge is 2.12. The number of hydrogen-bond acceptors (Lipinski definition) is 4. The van der Waals surface area contributed by atoms with Crippen molar-refractivity contribution in [2.75, 3.05) is 5.32 Å². The van der Waals surface area contributed by atoms with Gasteiger partial charge in [0.05, 0.1) is 17.8 Å². The number of carbonyl (C=O) groups excluding carboxylic acids is 1. The zero-order chi connectivity index (χ0) is 14.5. The van der Waals surface area contributed by atoms with Crippen molar-refractivity contribution in [3.8, 4) is 0 Å². The van der Waals surface area contributed by atoms with E-state index in [0.29, 0.717) is 17.9 Å². The third-order valence-electron chi connectivity index (χ3n) is 2.72. The van der Waals surface area contributed by atoms with Gasteiger partial charge in [-0.1, -0.05) is 17.3 Å². The Morgan fingerprint density at radius 2 is 2.10 bits per heavy atom. The van der Waals surface area contributed by atoms with E-state index in [4.69, 9.17) is 4.52 Å². The third kappa shape index (κ3) is 3.60. The van der Waals surface area contributed by atoms with Gasteiger partial charge >= 0.3 is 0 Å². The summed E-state index contributed by atoms with van der Waals surface area (Å²) < 4.78 is 5.07. The molecule has 0 radical (unpaired) electrons. The van der Waals surface area contributed by atoms with E-state index in [-0.39, 0.29) is 11.9 Å². The van der Waals surface area contributed by atoms with Gasteiger partial charge in [-0.05, 0) is 32.9 Å². The summed E-state index contributed by atoms with van der Waals surface area (Å²) in [6.07, 6.45) is 0. The summed E-state index contributed by atoms with van der Waals surface area (Å²) in [5.74, 6) is 0.507. The Hall–Kier alpha value is -2.30. The minimum absolute atomic E-state index is 0.136. The van der Waals surface area contributed by atoms with Gasteiger partial charge in [0.2, 0.25) is 0 Å². The van der Waals surface area contributed by atoms with Crippen LogP contribution in [-0.2, 0) is 6.54 Å². The van der Waals surface area contributed by atoms with E-state index in [2.05, 4.69) is 15.8 Å². The van der Waals surface area contributed by atoms with Crippen molar-refractivity contribution >= 4 is 11.6 Å². The average Bonchev–Trinajstić information content (AvgIpc) is 2.82. The molecule has 0 aliphatic heterocycles. The van der Waals surface area contributed by atoms with Crippen LogP contribution in [0.15, 0.2) is 34.9 Å². The van der Waals surface area contributed by atoms with Crippen LogP contribution in [0.4, 0.5) is 5.69 Å². The van der Waals surface area contributed by atoms with Crippen molar-refractivity contribution in [1.29, 1.82) is 0 Å². The maximum atomic E-state index is 12.2. The second kappa shape index (κ2) is 6.23. The summed E-state index contributed by atoms with van der Waals surface area (Å²) in [6.45, 7) is 6.24. The number of rotatable bonds is 5. The topological polar surface area (TPSA) is 67.2 Å². The second-order valence-corrected chi connectivity index (χ2v) is 4.96. The Bertz CT molecular complexity index is 590. The Kier molecular flexibility index (Phi) is 4.40. The maximum absolute atomic E-state index is 12.2. The van der Waals surface area contributed by atoms with Crippen molar-refractivity contribution in [3.05, 3.63) is 47.3 Å². The van der Waals surface area contributed by atoms with Crippen LogP contribution in [0.25, 0.3) is 0 Å². The summed E-state index contributed by atoms with van der Waals surface area (Å²) >= 11 is 0. The molecule has 1 aromatic heterocycles. The molecule has 0 fully saturated rings. The highest BCUT2D eigenvalue weighted by molar-refractivity contribution is 5.99. The standard InChI is InChI=1S/C15H19N3O2/c1-10(2)17-14-7-5-4-6-13(14)15(19)16-9-12-8-11(3)18-20-12/h4-8,10,17H,9H2,1-3H3,(H,16,19). The minimum Gasteiger partial charge on any atom is -0.382 e. The number of hydrogen-bond donors (Lipinski definition) is 2. The van der Waals surface area contributed by atoms with Gasteiger partial charge in [0, 0.05) is 17.8 Å². The van der Waals surface area contributed by atoms with Crippen molar-refractivity contribution in [1.82, 2.24) is 10.5 Å². The number of amides is 1. The average molecular weight is 273 g/mol. The van der Waals surface area contributed by atoms with Gasteiger partial charge in [-0.3, -0.25) is 4.79 Å². The maximum Gasteiger partial charge on any atom is 0.253 e. The molecule has 5 nitrogen and oxygen atoms in total. The summed E-state index contributed by atoms with van der Waals surface area (Å²) in [4.78, 5) is 12.2. The molecule has 106 valence electrons. The Morgan fingerprint density at radius 1 is 1.35 bits per heavy atom. The van der Waals surface area contributed by atoms with Crippen LogP contribution in [0.5, 0.6) is 0 Å². The molecular formula is C15H19N3O2. The van der Waals surface area contributed by atoms with Gasteiger partial charge in [-0.25, -0.2) is 0 Å². The first-order valence-corrected chi connectivity index (χ1v) is 6.62. The molecule has 2 rings (SSSR count). The smallest absolute Gasteiger partial charge is 0.253 e. The fourth-order valence-corrected chi connectivity index (χ4v) is 1.88. The van der Waals surface area contributed by atoms with E-state index in [1.165, 1.54) is 0 Å². The zero-order valence-electron chi connectivity index (χ0n) is 11.9. The molecular weight excluding hydrogens is 254 g/mol. The van der Waals surface area contributed by atoms with Crippen LogP contribution in [0.2, 0.25) is 0 Å². The summed E-state index contributed by atoms with van der Waals surface area (Å²) in [5, 5.41) is 9.88. The molecule has 0 aliphatic rings. The molecule has 0 bridgehead atoms. The molecule has 2 aromatic rings. The van der Waals surface area contributed by atoms with Crippen molar-refractivity contribution < 1.29 is 9.32 Å². The van der Waals surface area contributed by atoms with E-state index in [1.54, 1.807) is 12.1 Å². The predicted octanol–water partition coefficient (Wildman–Crippen LogP) is 2.73. The lowest BCUT2D eigenvalue weighted by Gasteiger charge is -2.14. The fourth-order valence-electron chi connectivity index (χ4n) is 1.88. The van der Waals surface area contributed by atoms with Crippen LogP contribution in [-0.4, -0.2) is 17.1 Å². The first-order chi connectivity index (χ1) is 9.56. The van der Waals surface area contributed by atoms with E-state index in [0.717, 1.165) is 11.4 Å². The van der Waals surface area contributed by atoms with Gasteiger partial charge in [0.15, 0.2) is 5.76 Å². The van der Waals surface area contributed by atoms with Gasteiger partial charge in [-0.2, -0.15) is 0 Å². The van der Waals surface area contributed by atoms with Crippen LogP contribution in [0.3, 0.4) is 0 Å². The molecule has 0 unspecified atom stereocenters. The number of nitrogens with one attached hydrogen (secondary N) is 2.